The molecule has 0 radical (unpaired) electrons. The first kappa shape index (κ1) is 18.8. The van der Waals surface area contributed by atoms with E-state index in [-0.39, 0.29) is 5.41 Å². The van der Waals surface area contributed by atoms with E-state index in [1.807, 2.05) is 19.1 Å². The van der Waals surface area contributed by atoms with Crippen molar-refractivity contribution >= 4 is 0 Å². The molecule has 146 valence electrons. The molecule has 5 rings (SSSR count). The minimum absolute atomic E-state index is 0.149. The van der Waals surface area contributed by atoms with Gasteiger partial charge in [0, 0.05) is 25.3 Å². The van der Waals surface area contributed by atoms with Crippen molar-refractivity contribution in [2.75, 3.05) is 20.8 Å². The summed E-state index contributed by atoms with van der Waals surface area (Å²) in [6, 6.07) is 6.01. The number of hydrogen-bond donors (Lipinski definition) is 0. The fraction of sp³-hybridized carbons (Fsp3) is 0.652. The zero-order valence-corrected chi connectivity index (χ0v) is 16.6. The summed E-state index contributed by atoms with van der Waals surface area (Å²) in [4.78, 5) is 0. The van der Waals surface area contributed by atoms with Gasteiger partial charge in [0.05, 0.1) is 6.61 Å². The third kappa shape index (κ3) is 3.27. The van der Waals surface area contributed by atoms with E-state index in [1.54, 1.807) is 0 Å². The first-order chi connectivity index (χ1) is 13.0. The minimum Gasteiger partial charge on any atom is -0.416 e. The zero-order chi connectivity index (χ0) is 19.1. The Morgan fingerprint density at radius 2 is 1.67 bits per heavy atom. The van der Waals surface area contributed by atoms with E-state index < -0.39 is 6.16 Å². The van der Waals surface area contributed by atoms with Gasteiger partial charge in [0.2, 0.25) is 0 Å². The van der Waals surface area contributed by atoms with Crippen molar-refractivity contribution in [3.63, 3.8) is 0 Å². The van der Waals surface area contributed by atoms with Gasteiger partial charge in [0.1, 0.15) is 5.75 Å². The number of terminal acetylenes is 1. The van der Waals surface area contributed by atoms with Crippen molar-refractivity contribution in [2.45, 2.75) is 57.0 Å². The summed E-state index contributed by atoms with van der Waals surface area (Å²) in [5.74, 6) is 6.05. The van der Waals surface area contributed by atoms with Crippen LogP contribution in [-0.2, 0) is 19.6 Å². The van der Waals surface area contributed by atoms with E-state index in [2.05, 4.69) is 12.0 Å². The Morgan fingerprint density at radius 1 is 1.07 bits per heavy atom. The molecule has 27 heavy (non-hydrogen) atoms. The minimum atomic E-state index is -1.54. The van der Waals surface area contributed by atoms with Crippen molar-refractivity contribution in [1.82, 2.24) is 0 Å². The summed E-state index contributed by atoms with van der Waals surface area (Å²) < 4.78 is 22.8. The van der Waals surface area contributed by atoms with E-state index in [4.69, 9.17) is 25.4 Å². The Labute approximate surface area is 162 Å². The van der Waals surface area contributed by atoms with Gasteiger partial charge in [-0.1, -0.05) is 5.92 Å². The maximum Gasteiger partial charge on any atom is 0.460 e. The van der Waals surface area contributed by atoms with Crippen molar-refractivity contribution in [1.29, 1.82) is 0 Å². The molecule has 0 saturated heterocycles. The molecule has 0 spiro atoms. The second kappa shape index (κ2) is 7.13. The van der Waals surface area contributed by atoms with Crippen molar-refractivity contribution in [3.8, 4) is 18.1 Å². The molecule has 0 atom stereocenters. The van der Waals surface area contributed by atoms with Crippen molar-refractivity contribution in [2.24, 2.45) is 17.8 Å². The molecule has 0 aliphatic heterocycles. The van der Waals surface area contributed by atoms with Crippen LogP contribution in [0.3, 0.4) is 0 Å². The topological polar surface area (TPSA) is 36.9 Å². The number of methoxy groups -OCH3 is 2. The van der Waals surface area contributed by atoms with Gasteiger partial charge >= 0.3 is 6.16 Å². The van der Waals surface area contributed by atoms with E-state index in [0.717, 1.165) is 29.1 Å². The van der Waals surface area contributed by atoms with Crippen molar-refractivity contribution in [3.05, 3.63) is 29.3 Å². The third-order valence-corrected chi connectivity index (χ3v) is 6.81. The van der Waals surface area contributed by atoms with Gasteiger partial charge in [-0.3, -0.25) is 14.2 Å². The van der Waals surface area contributed by atoms with E-state index in [9.17, 15) is 0 Å². The molecule has 0 N–H and O–H groups in total. The Balaban J connectivity index is 1.75. The van der Waals surface area contributed by atoms with Crippen LogP contribution in [0.25, 0.3) is 0 Å². The van der Waals surface area contributed by atoms with Crippen LogP contribution < -0.4 is 4.74 Å². The number of ether oxygens (including phenoxy) is 4. The molecule has 0 aromatic heterocycles. The van der Waals surface area contributed by atoms with Gasteiger partial charge in [-0.25, -0.2) is 0 Å². The number of hydrogen-bond acceptors (Lipinski definition) is 4. The maximum atomic E-state index is 6.23. The highest BCUT2D eigenvalue weighted by Gasteiger charge is 2.53. The lowest BCUT2D eigenvalue weighted by molar-refractivity contribution is -0.455. The third-order valence-electron chi connectivity index (χ3n) is 6.81. The summed E-state index contributed by atoms with van der Waals surface area (Å²) in [6.45, 7) is 2.30. The monoisotopic (exact) mass is 370 g/mol. The molecule has 4 nitrogen and oxygen atoms in total. The lowest BCUT2D eigenvalue weighted by Crippen LogP contribution is -2.49. The average Bonchev–Trinajstić information content (AvgIpc) is 2.66. The Hall–Kier alpha value is -1.54. The highest BCUT2D eigenvalue weighted by molar-refractivity contribution is 5.48. The maximum absolute atomic E-state index is 6.23. The smallest absolute Gasteiger partial charge is 0.416 e. The Kier molecular flexibility index (Phi) is 4.96. The van der Waals surface area contributed by atoms with Crippen LogP contribution in [0, 0.1) is 30.1 Å². The molecule has 4 bridgehead atoms. The molecule has 1 aromatic rings. The van der Waals surface area contributed by atoms with Crippen LogP contribution in [0.1, 0.15) is 56.6 Å². The molecular formula is C23H30O4. The molecule has 0 unspecified atom stereocenters. The Bertz CT molecular complexity index is 693. The van der Waals surface area contributed by atoms with Crippen LogP contribution in [0.15, 0.2) is 18.2 Å². The van der Waals surface area contributed by atoms with Crippen LogP contribution in [0.2, 0.25) is 0 Å². The predicted octanol–water partition coefficient (Wildman–Crippen LogP) is 4.46. The first-order valence-electron chi connectivity index (χ1n) is 10.1. The van der Waals surface area contributed by atoms with E-state index in [1.165, 1.54) is 58.3 Å². The fourth-order valence-corrected chi connectivity index (χ4v) is 6.19. The van der Waals surface area contributed by atoms with Gasteiger partial charge in [-0.05, 0) is 86.8 Å². The number of rotatable bonds is 7. The highest BCUT2D eigenvalue weighted by Crippen LogP contribution is 2.62. The average molecular weight is 370 g/mol. The molecule has 4 fully saturated rings. The van der Waals surface area contributed by atoms with Crippen LogP contribution in [-0.4, -0.2) is 27.0 Å². The van der Waals surface area contributed by atoms with Crippen LogP contribution in [0.4, 0.5) is 0 Å². The summed E-state index contributed by atoms with van der Waals surface area (Å²) in [5, 5.41) is 0. The summed E-state index contributed by atoms with van der Waals surface area (Å²) in [7, 11) is 3.05. The number of benzene rings is 1. The largest absolute Gasteiger partial charge is 0.460 e. The molecule has 1 aromatic carbocycles. The molecule has 4 heteroatoms. The standard InChI is InChI=1S/C23H30O4/c1-5-16-7-8-21(27-23(24-3,25-4)26-6-2)20(12-16)22-13-17-9-18(14-22)11-19(10-17)15-22/h1,7-8,12,17-19H,6,9-11,13-15H2,2-4H3. The molecule has 0 amide bonds. The summed E-state index contributed by atoms with van der Waals surface area (Å²) in [5.41, 5.74) is 2.25. The second-order valence-electron chi connectivity index (χ2n) is 8.50. The van der Waals surface area contributed by atoms with Gasteiger partial charge < -0.3 is 4.74 Å². The van der Waals surface area contributed by atoms with Gasteiger partial charge in [0.15, 0.2) is 0 Å². The van der Waals surface area contributed by atoms with Crippen LogP contribution >= 0.6 is 0 Å². The SMILES string of the molecule is C#Cc1ccc(OC(OC)(OC)OCC)c(C23CC4CC(CC(C4)C2)C3)c1. The van der Waals surface area contributed by atoms with Gasteiger partial charge in [-0.2, -0.15) is 0 Å². The lowest BCUT2D eigenvalue weighted by atomic mass is 9.48. The van der Waals surface area contributed by atoms with E-state index >= 15 is 0 Å². The lowest BCUT2D eigenvalue weighted by Gasteiger charge is -2.57. The molecule has 0 heterocycles. The zero-order valence-electron chi connectivity index (χ0n) is 16.6. The molecule has 4 aliphatic rings. The molecule has 4 aliphatic carbocycles. The normalized spacial score (nSPS) is 31.7. The van der Waals surface area contributed by atoms with Gasteiger partial charge in [0.25, 0.3) is 0 Å². The molecule has 4 saturated carbocycles. The van der Waals surface area contributed by atoms with Crippen molar-refractivity contribution < 1.29 is 18.9 Å². The Morgan fingerprint density at radius 3 is 2.15 bits per heavy atom. The second-order valence-corrected chi connectivity index (χ2v) is 8.50. The van der Waals surface area contributed by atoms with Crippen LogP contribution in [0.5, 0.6) is 5.75 Å². The quantitative estimate of drug-likeness (QED) is 0.525. The van der Waals surface area contributed by atoms with E-state index in [0.29, 0.717) is 6.61 Å². The summed E-state index contributed by atoms with van der Waals surface area (Å²) in [6.07, 6.45) is 12.0. The molecular weight excluding hydrogens is 340 g/mol. The fourth-order valence-electron chi connectivity index (χ4n) is 6.19. The van der Waals surface area contributed by atoms with Gasteiger partial charge in [-0.15, -0.1) is 6.42 Å². The highest BCUT2D eigenvalue weighted by atomic mass is 17.0. The summed E-state index contributed by atoms with van der Waals surface area (Å²) >= 11 is 0. The first-order valence-corrected chi connectivity index (χ1v) is 10.1. The predicted molar refractivity (Wildman–Crippen MR) is 103 cm³/mol.